The number of hydrogen-bond donors (Lipinski definition) is 1. The Bertz CT molecular complexity index is 736. The van der Waals surface area contributed by atoms with Crippen LogP contribution < -0.4 is 5.32 Å². The molecule has 0 saturated carbocycles. The van der Waals surface area contributed by atoms with Crippen LogP contribution in [-0.4, -0.2) is 24.5 Å². The van der Waals surface area contributed by atoms with Crippen LogP contribution in [0.2, 0.25) is 0 Å². The molecular weight excluding hydrogens is 316 g/mol. The van der Waals surface area contributed by atoms with Crippen molar-refractivity contribution in [3.05, 3.63) is 108 Å². The van der Waals surface area contributed by atoms with Crippen molar-refractivity contribution >= 4 is 0 Å². The first-order valence-electron chi connectivity index (χ1n) is 9.79. The predicted molar refractivity (Wildman–Crippen MR) is 110 cm³/mol. The summed E-state index contributed by atoms with van der Waals surface area (Å²) in [5.41, 5.74) is 3.81. The van der Waals surface area contributed by atoms with Crippen LogP contribution in [0.1, 0.15) is 18.1 Å². The van der Waals surface area contributed by atoms with Crippen LogP contribution in [0.25, 0.3) is 0 Å². The summed E-state index contributed by atoms with van der Waals surface area (Å²) in [6, 6.07) is 31.6. The highest BCUT2D eigenvalue weighted by Gasteiger charge is 2.19. The summed E-state index contributed by atoms with van der Waals surface area (Å²) in [6.07, 6.45) is 0.843. The second kappa shape index (κ2) is 9.91. The molecule has 1 N–H and O–H groups in total. The lowest BCUT2D eigenvalue weighted by atomic mass is 10.0. The van der Waals surface area contributed by atoms with Crippen molar-refractivity contribution in [1.29, 1.82) is 0 Å². The summed E-state index contributed by atoms with van der Waals surface area (Å²) >= 11 is 0. The lowest BCUT2D eigenvalue weighted by Gasteiger charge is -2.32. The Morgan fingerprint density at radius 3 is 1.58 bits per heavy atom. The zero-order valence-electron chi connectivity index (χ0n) is 16.4. The maximum Gasteiger partial charge on any atom is 0.0444 e. The monoisotopic (exact) mass is 345 g/mol. The molecule has 26 heavy (non-hydrogen) atoms. The minimum atomic E-state index is -0.363. The minimum Gasteiger partial charge on any atom is -0.318 e. The van der Waals surface area contributed by atoms with Crippen LogP contribution >= 0.6 is 0 Å². The van der Waals surface area contributed by atoms with Gasteiger partial charge in [0.1, 0.15) is 0 Å². The second-order valence-electron chi connectivity index (χ2n) is 6.59. The number of likely N-dealkylation sites (N-methyl/N-ethyl adjacent to an activating group) is 1. The van der Waals surface area contributed by atoms with Gasteiger partial charge in [0.05, 0.1) is 0 Å². The molecular formula is C24H28N2. The van der Waals surface area contributed by atoms with Crippen molar-refractivity contribution in [3.8, 4) is 0 Å². The summed E-state index contributed by atoms with van der Waals surface area (Å²) in [5.74, 6) is 0. The number of nitrogens with zero attached hydrogens (tertiary/aromatic N) is 1. The number of nitrogens with one attached hydrogen (secondary N) is 1. The van der Waals surface area contributed by atoms with Crippen LogP contribution in [-0.2, 0) is 19.5 Å². The number of rotatable bonds is 9. The van der Waals surface area contributed by atoms with Gasteiger partial charge in [-0.1, -0.05) is 91.0 Å². The van der Waals surface area contributed by atoms with E-state index in [1.807, 2.05) is 25.2 Å². The van der Waals surface area contributed by atoms with Gasteiger partial charge >= 0.3 is 0 Å². The molecule has 2 nitrogen and oxygen atoms in total. The van der Waals surface area contributed by atoms with Crippen molar-refractivity contribution in [2.45, 2.75) is 25.6 Å². The highest BCUT2D eigenvalue weighted by Crippen LogP contribution is 2.16. The van der Waals surface area contributed by atoms with Crippen molar-refractivity contribution < 1.29 is 1.37 Å². The molecule has 0 aromatic heterocycles. The maximum atomic E-state index is 8.64. The van der Waals surface area contributed by atoms with Gasteiger partial charge in [-0.3, -0.25) is 4.90 Å². The Kier molecular flexibility index (Phi) is 6.48. The quantitative estimate of drug-likeness (QED) is 0.613. The molecule has 2 atom stereocenters. The van der Waals surface area contributed by atoms with Gasteiger partial charge in [0.25, 0.3) is 0 Å². The van der Waals surface area contributed by atoms with E-state index in [2.05, 4.69) is 83.0 Å². The molecule has 0 bridgehead atoms. The van der Waals surface area contributed by atoms with E-state index >= 15 is 0 Å². The fraction of sp³-hybridized carbons (Fsp3) is 0.250. The van der Waals surface area contributed by atoms with Crippen molar-refractivity contribution in [1.82, 2.24) is 10.2 Å². The first kappa shape index (κ1) is 17.0. The minimum absolute atomic E-state index is 0.0674. The first-order valence-corrected chi connectivity index (χ1v) is 9.21. The van der Waals surface area contributed by atoms with Gasteiger partial charge in [-0.2, -0.15) is 0 Å². The molecule has 0 unspecified atom stereocenters. The molecule has 0 fully saturated rings. The van der Waals surface area contributed by atoms with Crippen LogP contribution in [0.4, 0.5) is 0 Å². The average molecular weight is 346 g/mol. The molecule has 0 heterocycles. The van der Waals surface area contributed by atoms with Gasteiger partial charge < -0.3 is 5.32 Å². The average Bonchev–Trinajstić information content (AvgIpc) is 2.73. The third-order valence-electron chi connectivity index (χ3n) is 4.57. The molecule has 3 aromatic rings. The van der Waals surface area contributed by atoms with Gasteiger partial charge in [0.2, 0.25) is 0 Å². The zero-order chi connectivity index (χ0) is 18.9. The van der Waals surface area contributed by atoms with Crippen LogP contribution in [0.3, 0.4) is 0 Å². The lowest BCUT2D eigenvalue weighted by molar-refractivity contribution is 0.174. The molecule has 0 radical (unpaired) electrons. The largest absolute Gasteiger partial charge is 0.318 e. The Balaban J connectivity index is 1.88. The zero-order valence-corrected chi connectivity index (χ0v) is 15.4. The maximum absolute atomic E-state index is 8.64. The highest BCUT2D eigenvalue weighted by atomic mass is 15.2. The van der Waals surface area contributed by atoms with Crippen LogP contribution in [0.5, 0.6) is 0 Å². The molecule has 3 aromatic carbocycles. The summed E-state index contributed by atoms with van der Waals surface area (Å²) in [4.78, 5) is 2.42. The summed E-state index contributed by atoms with van der Waals surface area (Å²) < 4.78 is 8.64. The molecule has 0 aliphatic carbocycles. The lowest BCUT2D eigenvalue weighted by Crippen LogP contribution is -2.42. The topological polar surface area (TPSA) is 15.3 Å². The molecule has 3 rings (SSSR count). The predicted octanol–water partition coefficient (Wildman–Crippen LogP) is 4.52. The summed E-state index contributed by atoms with van der Waals surface area (Å²) in [6.45, 7) is 1.28. The van der Waals surface area contributed by atoms with Gasteiger partial charge in [-0.15, -0.1) is 0 Å². The van der Waals surface area contributed by atoms with Gasteiger partial charge in [-0.25, -0.2) is 0 Å². The summed E-state index contributed by atoms with van der Waals surface area (Å²) in [5, 5.41) is 3.16. The molecule has 0 aliphatic heterocycles. The Morgan fingerprint density at radius 2 is 1.15 bits per heavy atom. The third kappa shape index (κ3) is 5.55. The van der Waals surface area contributed by atoms with E-state index in [1.54, 1.807) is 0 Å². The molecule has 0 amide bonds. The Morgan fingerprint density at radius 1 is 0.731 bits per heavy atom. The Hall–Kier alpha value is -2.42. The van der Waals surface area contributed by atoms with Crippen molar-refractivity contribution in [2.24, 2.45) is 0 Å². The van der Waals surface area contributed by atoms with E-state index < -0.39 is 0 Å². The fourth-order valence-electron chi connectivity index (χ4n) is 3.27. The van der Waals surface area contributed by atoms with Crippen LogP contribution in [0.15, 0.2) is 91.0 Å². The van der Waals surface area contributed by atoms with Crippen molar-refractivity contribution in [3.63, 3.8) is 0 Å². The van der Waals surface area contributed by atoms with E-state index in [0.29, 0.717) is 0 Å². The molecule has 0 aliphatic rings. The normalized spacial score (nSPS) is 14.0. The van der Waals surface area contributed by atoms with E-state index in [0.717, 1.165) is 19.5 Å². The standard InChI is InChI=1S/C24H28N2/c1-25-18-24(17-21-11-5-2-6-12-21)26(19-22-13-7-3-8-14-22)20-23-15-9-4-10-16-23/h2-16,24-25H,17-20H2,1H3/t24-/m0/s1/i18D/t18-,24-. The smallest absolute Gasteiger partial charge is 0.0444 e. The first-order chi connectivity index (χ1) is 13.3. The number of hydrogen-bond acceptors (Lipinski definition) is 2. The fourth-order valence-corrected chi connectivity index (χ4v) is 3.27. The van der Waals surface area contributed by atoms with E-state index in [-0.39, 0.29) is 12.6 Å². The highest BCUT2D eigenvalue weighted by molar-refractivity contribution is 5.19. The van der Waals surface area contributed by atoms with E-state index in [1.165, 1.54) is 16.7 Å². The number of benzene rings is 3. The van der Waals surface area contributed by atoms with Crippen molar-refractivity contribution in [2.75, 3.05) is 13.6 Å². The second-order valence-corrected chi connectivity index (χ2v) is 6.59. The van der Waals surface area contributed by atoms with Gasteiger partial charge in [0.15, 0.2) is 0 Å². The SMILES string of the molecule is [2H][C@H](NC)[C@H](Cc1ccccc1)N(Cc1ccccc1)Cc1ccccc1. The molecule has 2 heteroatoms. The van der Waals surface area contributed by atoms with Gasteiger partial charge in [-0.05, 0) is 30.2 Å². The third-order valence-corrected chi connectivity index (χ3v) is 4.57. The molecule has 0 saturated heterocycles. The van der Waals surface area contributed by atoms with Crippen LogP contribution in [0, 0.1) is 0 Å². The molecule has 134 valence electrons. The van der Waals surface area contributed by atoms with E-state index in [4.69, 9.17) is 1.37 Å². The Labute approximate surface area is 158 Å². The van der Waals surface area contributed by atoms with E-state index in [9.17, 15) is 0 Å². The van der Waals surface area contributed by atoms with Gasteiger partial charge in [0, 0.05) is 27.0 Å². The molecule has 0 spiro atoms. The summed E-state index contributed by atoms with van der Waals surface area (Å²) in [7, 11) is 1.87.